The Morgan fingerprint density at radius 1 is 1.16 bits per heavy atom. The first-order valence-electron chi connectivity index (χ1n) is 7.45. The minimum atomic E-state index is -0.371. The molecule has 2 aromatic rings. The summed E-state index contributed by atoms with van der Waals surface area (Å²) in [6.07, 6.45) is 0. The predicted molar refractivity (Wildman–Crippen MR) is 102 cm³/mol. The molecular formula is C18H17Cl2NO3S. The van der Waals surface area contributed by atoms with Gasteiger partial charge in [0, 0.05) is 22.3 Å². The highest BCUT2D eigenvalue weighted by Crippen LogP contribution is 2.21. The van der Waals surface area contributed by atoms with E-state index in [1.165, 1.54) is 18.9 Å². The Balaban J connectivity index is 1.78. The number of amides is 1. The molecule has 7 heteroatoms. The molecule has 0 saturated carbocycles. The van der Waals surface area contributed by atoms with Crippen LogP contribution >= 0.6 is 35.0 Å². The molecule has 2 aromatic carbocycles. The highest BCUT2D eigenvalue weighted by atomic mass is 35.5. The number of halogens is 2. The standard InChI is InChI=1S/C18H17Cl2NO3S/c1-24-18(23)13-4-2-3-12(7-13)10-25-11-17(22)21-9-14-5-6-15(19)8-16(14)20/h2-8H,9-11H2,1H3,(H,21,22). The largest absolute Gasteiger partial charge is 0.465 e. The number of thioether (sulfide) groups is 1. The van der Waals surface area contributed by atoms with E-state index in [2.05, 4.69) is 5.32 Å². The third-order valence-corrected chi connectivity index (χ3v) is 4.93. The van der Waals surface area contributed by atoms with Gasteiger partial charge in [-0.25, -0.2) is 4.79 Å². The molecule has 0 saturated heterocycles. The van der Waals surface area contributed by atoms with Crippen LogP contribution in [-0.4, -0.2) is 24.7 Å². The van der Waals surface area contributed by atoms with Crippen LogP contribution in [0.25, 0.3) is 0 Å². The second-order valence-electron chi connectivity index (χ2n) is 5.20. The summed E-state index contributed by atoms with van der Waals surface area (Å²) in [6.45, 7) is 0.354. The summed E-state index contributed by atoms with van der Waals surface area (Å²) in [5, 5.41) is 3.91. The lowest BCUT2D eigenvalue weighted by atomic mass is 10.1. The van der Waals surface area contributed by atoms with Crippen LogP contribution in [0.1, 0.15) is 21.5 Å². The predicted octanol–water partition coefficient (Wildman–Crippen LogP) is 4.33. The number of carbonyl (C=O) groups is 2. The average Bonchev–Trinajstić information content (AvgIpc) is 2.60. The molecule has 2 rings (SSSR count). The van der Waals surface area contributed by atoms with Gasteiger partial charge in [-0.2, -0.15) is 0 Å². The van der Waals surface area contributed by atoms with Gasteiger partial charge >= 0.3 is 5.97 Å². The van der Waals surface area contributed by atoms with E-state index in [-0.39, 0.29) is 11.9 Å². The van der Waals surface area contributed by atoms with Crippen LogP contribution in [0.3, 0.4) is 0 Å². The zero-order valence-electron chi connectivity index (χ0n) is 13.6. The monoisotopic (exact) mass is 397 g/mol. The lowest BCUT2D eigenvalue weighted by Crippen LogP contribution is -2.24. The molecule has 1 amide bonds. The van der Waals surface area contributed by atoms with Crippen LogP contribution in [0, 0.1) is 0 Å². The first-order valence-corrected chi connectivity index (χ1v) is 9.36. The summed E-state index contributed by atoms with van der Waals surface area (Å²) in [7, 11) is 1.35. The average molecular weight is 398 g/mol. The number of carbonyl (C=O) groups excluding carboxylic acids is 2. The fourth-order valence-electron chi connectivity index (χ4n) is 2.08. The summed E-state index contributed by atoms with van der Waals surface area (Å²) < 4.78 is 4.70. The van der Waals surface area contributed by atoms with Gasteiger partial charge in [-0.05, 0) is 35.4 Å². The Morgan fingerprint density at radius 2 is 1.96 bits per heavy atom. The van der Waals surface area contributed by atoms with Crippen molar-refractivity contribution >= 4 is 46.8 Å². The molecule has 0 bridgehead atoms. The first kappa shape index (κ1) is 19.6. The number of methoxy groups -OCH3 is 1. The van der Waals surface area contributed by atoms with Crippen molar-refractivity contribution in [2.24, 2.45) is 0 Å². The minimum Gasteiger partial charge on any atom is -0.465 e. The number of benzene rings is 2. The number of esters is 1. The second-order valence-corrected chi connectivity index (χ2v) is 7.03. The quantitative estimate of drug-likeness (QED) is 0.706. The number of hydrogen-bond acceptors (Lipinski definition) is 4. The number of ether oxygens (including phenoxy) is 1. The SMILES string of the molecule is COC(=O)c1cccc(CSCC(=O)NCc2ccc(Cl)cc2Cl)c1. The van der Waals surface area contributed by atoms with Crippen LogP contribution in [0.5, 0.6) is 0 Å². The highest BCUT2D eigenvalue weighted by Gasteiger charge is 2.08. The van der Waals surface area contributed by atoms with Gasteiger partial charge < -0.3 is 10.1 Å². The van der Waals surface area contributed by atoms with Crippen molar-refractivity contribution < 1.29 is 14.3 Å². The Morgan fingerprint density at radius 3 is 2.68 bits per heavy atom. The van der Waals surface area contributed by atoms with E-state index in [0.29, 0.717) is 33.7 Å². The molecule has 0 aromatic heterocycles. The number of hydrogen-bond donors (Lipinski definition) is 1. The Kier molecular flexibility index (Phi) is 7.62. The topological polar surface area (TPSA) is 55.4 Å². The van der Waals surface area contributed by atoms with Crippen LogP contribution in [-0.2, 0) is 21.8 Å². The third kappa shape index (κ3) is 6.27. The molecule has 0 fully saturated rings. The van der Waals surface area contributed by atoms with Crippen molar-refractivity contribution in [2.45, 2.75) is 12.3 Å². The summed E-state index contributed by atoms with van der Waals surface area (Å²) >= 11 is 13.4. The van der Waals surface area contributed by atoms with E-state index in [9.17, 15) is 9.59 Å². The van der Waals surface area contributed by atoms with Crippen LogP contribution < -0.4 is 5.32 Å². The van der Waals surface area contributed by atoms with Crippen molar-refractivity contribution in [3.05, 3.63) is 69.2 Å². The van der Waals surface area contributed by atoms with Crippen molar-refractivity contribution in [3.8, 4) is 0 Å². The molecule has 0 spiro atoms. The van der Waals surface area contributed by atoms with Crippen molar-refractivity contribution in [1.82, 2.24) is 5.32 Å². The maximum Gasteiger partial charge on any atom is 0.337 e. The number of rotatable bonds is 7. The molecular weight excluding hydrogens is 381 g/mol. The summed E-state index contributed by atoms with van der Waals surface area (Å²) in [6, 6.07) is 12.3. The van der Waals surface area contributed by atoms with E-state index in [0.717, 1.165) is 11.1 Å². The molecule has 0 aliphatic heterocycles. The first-order chi connectivity index (χ1) is 12.0. The zero-order chi connectivity index (χ0) is 18.2. The van der Waals surface area contributed by atoms with Crippen LogP contribution in [0.15, 0.2) is 42.5 Å². The van der Waals surface area contributed by atoms with Gasteiger partial charge in [0.2, 0.25) is 5.91 Å². The molecule has 4 nitrogen and oxygen atoms in total. The molecule has 25 heavy (non-hydrogen) atoms. The van der Waals surface area contributed by atoms with E-state index in [1.54, 1.807) is 36.4 Å². The van der Waals surface area contributed by atoms with Gasteiger partial charge in [0.25, 0.3) is 0 Å². The normalized spacial score (nSPS) is 10.4. The molecule has 0 atom stereocenters. The Labute approximate surface area is 160 Å². The fraction of sp³-hybridized carbons (Fsp3) is 0.222. The summed E-state index contributed by atoms with van der Waals surface area (Å²) in [4.78, 5) is 23.4. The summed E-state index contributed by atoms with van der Waals surface area (Å²) in [5.74, 6) is 0.484. The van der Waals surface area contributed by atoms with Gasteiger partial charge in [0.05, 0.1) is 18.4 Å². The lowest BCUT2D eigenvalue weighted by molar-refractivity contribution is -0.118. The lowest BCUT2D eigenvalue weighted by Gasteiger charge is -2.08. The third-order valence-electron chi connectivity index (χ3n) is 3.34. The van der Waals surface area contributed by atoms with Gasteiger partial charge in [0.15, 0.2) is 0 Å². The van der Waals surface area contributed by atoms with E-state index >= 15 is 0 Å². The fourth-order valence-corrected chi connectivity index (χ4v) is 3.36. The molecule has 0 heterocycles. The number of nitrogens with one attached hydrogen (secondary N) is 1. The van der Waals surface area contributed by atoms with Crippen LogP contribution in [0.2, 0.25) is 10.0 Å². The highest BCUT2D eigenvalue weighted by molar-refractivity contribution is 7.99. The van der Waals surface area contributed by atoms with Gasteiger partial charge in [-0.1, -0.05) is 41.4 Å². The van der Waals surface area contributed by atoms with Crippen molar-refractivity contribution in [3.63, 3.8) is 0 Å². The van der Waals surface area contributed by atoms with Crippen LogP contribution in [0.4, 0.5) is 0 Å². The smallest absolute Gasteiger partial charge is 0.337 e. The van der Waals surface area contributed by atoms with Gasteiger partial charge in [-0.3, -0.25) is 4.79 Å². The van der Waals surface area contributed by atoms with E-state index in [4.69, 9.17) is 27.9 Å². The van der Waals surface area contributed by atoms with E-state index in [1.807, 2.05) is 6.07 Å². The Hall–Kier alpha value is -1.69. The van der Waals surface area contributed by atoms with Crippen molar-refractivity contribution in [2.75, 3.05) is 12.9 Å². The zero-order valence-corrected chi connectivity index (χ0v) is 15.9. The second kappa shape index (κ2) is 9.70. The van der Waals surface area contributed by atoms with Gasteiger partial charge in [-0.15, -0.1) is 11.8 Å². The summed E-state index contributed by atoms with van der Waals surface area (Å²) in [5.41, 5.74) is 2.28. The minimum absolute atomic E-state index is 0.0832. The Bertz CT molecular complexity index is 768. The molecule has 132 valence electrons. The molecule has 0 aliphatic carbocycles. The van der Waals surface area contributed by atoms with Crippen molar-refractivity contribution in [1.29, 1.82) is 0 Å². The molecule has 0 aliphatic rings. The molecule has 0 unspecified atom stereocenters. The van der Waals surface area contributed by atoms with Gasteiger partial charge in [0.1, 0.15) is 0 Å². The molecule has 1 N–H and O–H groups in total. The maximum absolute atomic E-state index is 11.9. The maximum atomic E-state index is 11.9. The van der Waals surface area contributed by atoms with E-state index < -0.39 is 0 Å². The molecule has 0 radical (unpaired) electrons.